The summed E-state index contributed by atoms with van der Waals surface area (Å²) < 4.78 is 31.4. The Bertz CT molecular complexity index is 1100. The van der Waals surface area contributed by atoms with E-state index in [1.807, 2.05) is 6.26 Å². The summed E-state index contributed by atoms with van der Waals surface area (Å²) in [5.74, 6) is 1.24. The van der Waals surface area contributed by atoms with Gasteiger partial charge in [0.15, 0.2) is 5.16 Å². The maximum absolute atomic E-state index is 11.7. The average Bonchev–Trinajstić information content (AvgIpc) is 2.74. The van der Waals surface area contributed by atoms with Crippen LogP contribution in [0.15, 0.2) is 47.9 Å². The molecule has 0 saturated heterocycles. The number of halogens is 1. The molecule has 0 saturated carbocycles. The molecule has 0 aliphatic heterocycles. The summed E-state index contributed by atoms with van der Waals surface area (Å²) in [4.78, 5) is 17.0. The van der Waals surface area contributed by atoms with Gasteiger partial charge in [0.1, 0.15) is 5.75 Å². The lowest BCUT2D eigenvalue weighted by Crippen LogP contribution is -2.20. The van der Waals surface area contributed by atoms with E-state index in [4.69, 9.17) is 16.3 Å². The molecular formula is C18H19ClN6O3S2. The maximum atomic E-state index is 11.7. The Morgan fingerprint density at radius 2 is 1.83 bits per heavy atom. The number of sulfonamides is 1. The Morgan fingerprint density at radius 3 is 2.47 bits per heavy atom. The molecule has 30 heavy (non-hydrogen) atoms. The van der Waals surface area contributed by atoms with Crippen molar-refractivity contribution in [2.45, 2.75) is 17.5 Å². The first kappa shape index (κ1) is 22.2. The topological polar surface area (TPSA) is 119 Å². The van der Waals surface area contributed by atoms with Crippen LogP contribution < -0.4 is 14.8 Å². The van der Waals surface area contributed by atoms with Gasteiger partial charge in [-0.1, -0.05) is 35.5 Å². The molecule has 3 aromatic rings. The number of ether oxygens (including phenoxy) is 1. The second kappa shape index (κ2) is 10.0. The molecule has 0 radical (unpaired) electrons. The standard InChI is InChI=1S/C18H19ClN6O3S2/c1-20-30(26,27)11-12-3-5-15(6-4-12)28-16-7-14(24-18(25-16)29-2)10-23-17-21-8-13(19)9-22-17/h3-9,20H,10-11H2,1-2H3,(H,21,22,23). The molecular weight excluding hydrogens is 448 g/mol. The number of aromatic nitrogens is 4. The smallest absolute Gasteiger partial charge is 0.223 e. The lowest BCUT2D eigenvalue weighted by atomic mass is 10.2. The fraction of sp³-hybridized carbons (Fsp3) is 0.222. The molecule has 0 amide bonds. The number of nitrogens with one attached hydrogen (secondary N) is 2. The van der Waals surface area contributed by atoms with E-state index >= 15 is 0 Å². The Balaban J connectivity index is 1.70. The second-order valence-corrected chi connectivity index (χ2v) is 9.11. The molecule has 12 heteroatoms. The van der Waals surface area contributed by atoms with Gasteiger partial charge in [-0.25, -0.2) is 28.1 Å². The van der Waals surface area contributed by atoms with Crippen LogP contribution in [0.3, 0.4) is 0 Å². The van der Waals surface area contributed by atoms with E-state index in [2.05, 4.69) is 30.0 Å². The van der Waals surface area contributed by atoms with Crippen LogP contribution in [-0.4, -0.2) is 41.7 Å². The van der Waals surface area contributed by atoms with Crippen molar-refractivity contribution in [3.8, 4) is 11.6 Å². The highest BCUT2D eigenvalue weighted by Crippen LogP contribution is 2.23. The highest BCUT2D eigenvalue weighted by Gasteiger charge is 2.10. The van der Waals surface area contributed by atoms with Crippen molar-refractivity contribution >= 4 is 39.3 Å². The third-order valence-electron chi connectivity index (χ3n) is 3.78. The molecule has 0 atom stereocenters. The highest BCUT2D eigenvalue weighted by atomic mass is 35.5. The Hall–Kier alpha value is -2.47. The molecule has 0 aliphatic rings. The van der Waals surface area contributed by atoms with Gasteiger partial charge in [0.2, 0.25) is 21.9 Å². The van der Waals surface area contributed by atoms with Gasteiger partial charge in [0.25, 0.3) is 0 Å². The van der Waals surface area contributed by atoms with E-state index < -0.39 is 10.0 Å². The first-order valence-corrected chi connectivity index (χ1v) is 11.9. The zero-order valence-electron chi connectivity index (χ0n) is 16.2. The Morgan fingerprint density at radius 1 is 1.13 bits per heavy atom. The minimum Gasteiger partial charge on any atom is -0.439 e. The van der Waals surface area contributed by atoms with E-state index in [-0.39, 0.29) is 5.75 Å². The summed E-state index contributed by atoms with van der Waals surface area (Å²) in [6.07, 6.45) is 4.88. The van der Waals surface area contributed by atoms with Gasteiger partial charge >= 0.3 is 0 Å². The molecule has 2 aromatic heterocycles. The fourth-order valence-electron chi connectivity index (χ4n) is 2.32. The SMILES string of the molecule is CNS(=O)(=O)Cc1ccc(Oc2cc(CNc3ncc(Cl)cn3)nc(SC)n2)cc1. The summed E-state index contributed by atoms with van der Waals surface area (Å²) >= 11 is 7.18. The van der Waals surface area contributed by atoms with Gasteiger partial charge in [-0.05, 0) is 31.0 Å². The minimum absolute atomic E-state index is 0.101. The third kappa shape index (κ3) is 6.52. The zero-order chi connectivity index (χ0) is 21.6. The average molecular weight is 467 g/mol. The summed E-state index contributed by atoms with van der Waals surface area (Å²) in [6.45, 7) is 0.370. The highest BCUT2D eigenvalue weighted by molar-refractivity contribution is 7.98. The van der Waals surface area contributed by atoms with Crippen molar-refractivity contribution in [2.24, 2.45) is 0 Å². The van der Waals surface area contributed by atoms with Gasteiger partial charge in [0, 0.05) is 6.07 Å². The molecule has 0 fully saturated rings. The molecule has 0 aliphatic carbocycles. The van der Waals surface area contributed by atoms with Crippen LogP contribution >= 0.6 is 23.4 Å². The van der Waals surface area contributed by atoms with Crippen molar-refractivity contribution in [2.75, 3.05) is 18.6 Å². The van der Waals surface area contributed by atoms with Gasteiger partial charge in [0.05, 0.1) is 35.4 Å². The molecule has 2 N–H and O–H groups in total. The summed E-state index contributed by atoms with van der Waals surface area (Å²) in [5.41, 5.74) is 1.34. The third-order valence-corrected chi connectivity index (χ3v) is 5.86. The minimum atomic E-state index is -3.33. The van der Waals surface area contributed by atoms with Gasteiger partial charge in [-0.2, -0.15) is 4.98 Å². The largest absolute Gasteiger partial charge is 0.439 e. The first-order valence-electron chi connectivity index (χ1n) is 8.68. The Labute approximate surface area is 183 Å². The monoisotopic (exact) mass is 466 g/mol. The summed E-state index contributed by atoms with van der Waals surface area (Å²) in [6, 6.07) is 8.49. The predicted molar refractivity (Wildman–Crippen MR) is 116 cm³/mol. The fourth-order valence-corrected chi connectivity index (χ4v) is 3.59. The molecule has 9 nitrogen and oxygen atoms in total. The summed E-state index contributed by atoms with van der Waals surface area (Å²) in [7, 11) is -1.94. The molecule has 158 valence electrons. The van der Waals surface area contributed by atoms with Crippen LogP contribution in [0.25, 0.3) is 0 Å². The predicted octanol–water partition coefficient (Wildman–Crippen LogP) is 3.10. The van der Waals surface area contributed by atoms with Gasteiger partial charge in [-0.3, -0.25) is 0 Å². The molecule has 3 rings (SSSR count). The number of hydrogen-bond acceptors (Lipinski definition) is 9. The number of thioether (sulfide) groups is 1. The number of benzene rings is 1. The van der Waals surface area contributed by atoms with Crippen LogP contribution in [0.1, 0.15) is 11.3 Å². The molecule has 0 unspecified atom stereocenters. The van der Waals surface area contributed by atoms with Crippen LogP contribution in [-0.2, 0) is 22.3 Å². The molecule has 2 heterocycles. The van der Waals surface area contributed by atoms with Crippen LogP contribution in [0.5, 0.6) is 11.6 Å². The lowest BCUT2D eigenvalue weighted by Gasteiger charge is -2.10. The maximum Gasteiger partial charge on any atom is 0.223 e. The quantitative estimate of drug-likeness (QED) is 0.362. The lowest BCUT2D eigenvalue weighted by molar-refractivity contribution is 0.454. The van der Waals surface area contributed by atoms with Gasteiger partial charge < -0.3 is 10.1 Å². The van der Waals surface area contributed by atoms with Crippen molar-refractivity contribution < 1.29 is 13.2 Å². The van der Waals surface area contributed by atoms with E-state index in [0.29, 0.717) is 45.6 Å². The number of rotatable bonds is 9. The normalized spacial score (nSPS) is 11.3. The number of anilines is 1. The number of nitrogens with zero attached hydrogens (tertiary/aromatic N) is 4. The molecule has 0 spiro atoms. The van der Waals surface area contributed by atoms with Gasteiger partial charge in [-0.15, -0.1) is 0 Å². The van der Waals surface area contributed by atoms with E-state index in [0.717, 1.165) is 0 Å². The second-order valence-electron chi connectivity index (χ2n) is 5.97. The Kier molecular flexibility index (Phi) is 7.43. The summed E-state index contributed by atoms with van der Waals surface area (Å²) in [5, 5.41) is 4.08. The van der Waals surface area contributed by atoms with Crippen molar-refractivity contribution in [1.82, 2.24) is 24.7 Å². The van der Waals surface area contributed by atoms with Crippen LogP contribution in [0.2, 0.25) is 5.02 Å². The molecule has 0 bridgehead atoms. The van der Waals surface area contributed by atoms with Crippen LogP contribution in [0, 0.1) is 0 Å². The van der Waals surface area contributed by atoms with Crippen molar-refractivity contribution in [3.05, 3.63) is 59.0 Å². The number of hydrogen-bond donors (Lipinski definition) is 2. The van der Waals surface area contributed by atoms with E-state index in [1.54, 1.807) is 30.3 Å². The van der Waals surface area contributed by atoms with E-state index in [1.165, 1.54) is 31.2 Å². The zero-order valence-corrected chi connectivity index (χ0v) is 18.6. The van der Waals surface area contributed by atoms with Crippen LogP contribution in [0.4, 0.5) is 5.95 Å². The molecule has 1 aromatic carbocycles. The van der Waals surface area contributed by atoms with E-state index in [9.17, 15) is 8.42 Å². The first-order chi connectivity index (χ1) is 14.4. The van der Waals surface area contributed by atoms with Crippen molar-refractivity contribution in [1.29, 1.82) is 0 Å². The van der Waals surface area contributed by atoms with Crippen molar-refractivity contribution in [3.63, 3.8) is 0 Å².